The summed E-state index contributed by atoms with van der Waals surface area (Å²) in [5.74, 6) is 2.53. The van der Waals surface area contributed by atoms with Crippen molar-refractivity contribution in [2.24, 2.45) is 0 Å². The van der Waals surface area contributed by atoms with Gasteiger partial charge in [0.1, 0.15) is 0 Å². The molecule has 0 unspecified atom stereocenters. The lowest BCUT2D eigenvalue weighted by molar-refractivity contribution is 0.145. The normalized spacial score (nSPS) is 10.6. The highest BCUT2D eigenvalue weighted by atomic mass is 32.2. The Morgan fingerprint density at radius 2 is 2.00 bits per heavy atom. The van der Waals surface area contributed by atoms with Crippen molar-refractivity contribution in [2.75, 3.05) is 37.8 Å². The highest BCUT2D eigenvalue weighted by Gasteiger charge is 1.89. The van der Waals surface area contributed by atoms with Crippen LogP contribution in [-0.2, 0) is 4.74 Å². The maximum Gasteiger partial charge on any atom is 0.0477 e. The Labute approximate surface area is 86.8 Å². The number of thioether (sulfide) groups is 1. The van der Waals surface area contributed by atoms with Crippen LogP contribution in [0.1, 0.15) is 26.7 Å². The van der Waals surface area contributed by atoms with E-state index >= 15 is 0 Å². The summed E-state index contributed by atoms with van der Waals surface area (Å²) in [7, 11) is 0. The summed E-state index contributed by atoms with van der Waals surface area (Å²) in [6.45, 7) is 8.22. The summed E-state index contributed by atoms with van der Waals surface area (Å²) >= 11 is 2.03. The van der Waals surface area contributed by atoms with Crippen LogP contribution in [0.2, 0.25) is 0 Å². The molecule has 80 valence electrons. The molecule has 0 saturated carbocycles. The van der Waals surface area contributed by atoms with Crippen molar-refractivity contribution in [3.63, 3.8) is 0 Å². The molecule has 0 heterocycles. The Morgan fingerprint density at radius 3 is 2.69 bits per heavy atom. The Morgan fingerprint density at radius 1 is 1.15 bits per heavy atom. The first-order valence-electron chi connectivity index (χ1n) is 5.28. The molecule has 0 rings (SSSR count). The Bertz CT molecular complexity index is 81.0. The monoisotopic (exact) mass is 205 g/mol. The van der Waals surface area contributed by atoms with Crippen molar-refractivity contribution in [3.05, 3.63) is 0 Å². The fraction of sp³-hybridized carbons (Fsp3) is 1.00. The zero-order chi connectivity index (χ0) is 9.78. The molecule has 0 spiro atoms. The van der Waals surface area contributed by atoms with Gasteiger partial charge < -0.3 is 10.1 Å². The van der Waals surface area contributed by atoms with E-state index in [2.05, 4.69) is 12.2 Å². The molecule has 13 heavy (non-hydrogen) atoms. The van der Waals surface area contributed by atoms with Gasteiger partial charge in [0.05, 0.1) is 0 Å². The highest BCUT2D eigenvalue weighted by Crippen LogP contribution is 1.99. The lowest BCUT2D eigenvalue weighted by Gasteiger charge is -2.04. The Balaban J connectivity index is 2.76. The van der Waals surface area contributed by atoms with Crippen molar-refractivity contribution >= 4 is 11.8 Å². The van der Waals surface area contributed by atoms with E-state index < -0.39 is 0 Å². The van der Waals surface area contributed by atoms with E-state index in [0.29, 0.717) is 0 Å². The van der Waals surface area contributed by atoms with E-state index in [1.165, 1.54) is 17.9 Å². The number of ether oxygens (including phenoxy) is 1. The molecule has 0 aromatic carbocycles. The topological polar surface area (TPSA) is 21.3 Å². The lowest BCUT2D eigenvalue weighted by Crippen LogP contribution is -2.19. The Hall–Kier alpha value is 0.270. The van der Waals surface area contributed by atoms with Crippen LogP contribution < -0.4 is 5.32 Å². The molecule has 0 bridgehead atoms. The van der Waals surface area contributed by atoms with E-state index in [4.69, 9.17) is 4.74 Å². The van der Waals surface area contributed by atoms with E-state index in [1.54, 1.807) is 0 Å². The predicted molar refractivity (Wildman–Crippen MR) is 61.6 cm³/mol. The third kappa shape index (κ3) is 12.3. The fourth-order valence-electron chi connectivity index (χ4n) is 0.959. The first-order valence-corrected chi connectivity index (χ1v) is 6.43. The summed E-state index contributed by atoms with van der Waals surface area (Å²) in [6, 6.07) is 0. The molecule has 0 amide bonds. The fourth-order valence-corrected chi connectivity index (χ4v) is 1.74. The lowest BCUT2D eigenvalue weighted by atomic mass is 10.4. The molecule has 0 aliphatic heterocycles. The second kappa shape index (κ2) is 12.3. The van der Waals surface area contributed by atoms with Crippen LogP contribution in [0, 0.1) is 0 Å². The molecule has 1 N–H and O–H groups in total. The van der Waals surface area contributed by atoms with Crippen LogP contribution >= 0.6 is 11.8 Å². The van der Waals surface area contributed by atoms with Gasteiger partial charge in [0, 0.05) is 25.5 Å². The van der Waals surface area contributed by atoms with Crippen molar-refractivity contribution in [2.45, 2.75) is 26.7 Å². The summed E-state index contributed by atoms with van der Waals surface area (Å²) in [5.41, 5.74) is 0. The van der Waals surface area contributed by atoms with Gasteiger partial charge in [-0.2, -0.15) is 11.8 Å². The molecule has 0 atom stereocenters. The van der Waals surface area contributed by atoms with Gasteiger partial charge in [-0.15, -0.1) is 0 Å². The maximum absolute atomic E-state index is 5.23. The minimum absolute atomic E-state index is 0.840. The van der Waals surface area contributed by atoms with Gasteiger partial charge in [-0.05, 0) is 32.1 Å². The standard InChI is InChI=1S/C10H23NOS/c1-3-9-13-10-7-11-6-5-8-12-4-2/h11H,3-10H2,1-2H3. The largest absolute Gasteiger partial charge is 0.382 e. The van der Waals surface area contributed by atoms with Gasteiger partial charge in [0.25, 0.3) is 0 Å². The molecule has 0 radical (unpaired) electrons. The van der Waals surface area contributed by atoms with Crippen molar-refractivity contribution in [1.82, 2.24) is 5.32 Å². The minimum Gasteiger partial charge on any atom is -0.382 e. The van der Waals surface area contributed by atoms with Gasteiger partial charge >= 0.3 is 0 Å². The van der Waals surface area contributed by atoms with Gasteiger partial charge in [-0.25, -0.2) is 0 Å². The van der Waals surface area contributed by atoms with Gasteiger partial charge in [0.2, 0.25) is 0 Å². The smallest absolute Gasteiger partial charge is 0.0477 e. The summed E-state index contributed by atoms with van der Waals surface area (Å²) in [4.78, 5) is 0. The van der Waals surface area contributed by atoms with E-state index in [-0.39, 0.29) is 0 Å². The molecular formula is C10H23NOS. The first-order chi connectivity index (χ1) is 6.41. The molecule has 0 aliphatic rings. The summed E-state index contributed by atoms with van der Waals surface area (Å²) < 4.78 is 5.23. The molecule has 0 saturated heterocycles. The molecule has 0 aromatic heterocycles. The van der Waals surface area contributed by atoms with Crippen LogP contribution in [-0.4, -0.2) is 37.8 Å². The molecule has 0 aliphatic carbocycles. The third-order valence-electron chi connectivity index (χ3n) is 1.62. The van der Waals surface area contributed by atoms with Gasteiger partial charge in [-0.3, -0.25) is 0 Å². The molecule has 2 nitrogen and oxygen atoms in total. The average molecular weight is 205 g/mol. The van der Waals surface area contributed by atoms with Gasteiger partial charge in [0.15, 0.2) is 0 Å². The second-order valence-corrected chi connectivity index (χ2v) is 4.14. The zero-order valence-corrected chi connectivity index (χ0v) is 9.79. The number of hydrogen-bond acceptors (Lipinski definition) is 3. The Kier molecular flexibility index (Phi) is 12.5. The molecule has 0 fully saturated rings. The molecular weight excluding hydrogens is 182 g/mol. The van der Waals surface area contributed by atoms with E-state index in [9.17, 15) is 0 Å². The van der Waals surface area contributed by atoms with Crippen LogP contribution in [0.3, 0.4) is 0 Å². The summed E-state index contributed by atoms with van der Waals surface area (Å²) in [6.07, 6.45) is 2.42. The SMILES string of the molecule is CCCSCCNCCCOCC. The highest BCUT2D eigenvalue weighted by molar-refractivity contribution is 7.99. The quantitative estimate of drug-likeness (QED) is 0.552. The molecule has 3 heteroatoms. The number of rotatable bonds is 10. The van der Waals surface area contributed by atoms with Crippen LogP contribution in [0.15, 0.2) is 0 Å². The van der Waals surface area contributed by atoms with Crippen molar-refractivity contribution < 1.29 is 4.74 Å². The number of nitrogens with one attached hydrogen (secondary N) is 1. The van der Waals surface area contributed by atoms with Crippen LogP contribution in [0.25, 0.3) is 0 Å². The summed E-state index contributed by atoms with van der Waals surface area (Å²) in [5, 5.41) is 3.40. The van der Waals surface area contributed by atoms with Crippen LogP contribution in [0.4, 0.5) is 0 Å². The number of hydrogen-bond donors (Lipinski definition) is 1. The van der Waals surface area contributed by atoms with Gasteiger partial charge in [-0.1, -0.05) is 6.92 Å². The van der Waals surface area contributed by atoms with Crippen LogP contribution in [0.5, 0.6) is 0 Å². The maximum atomic E-state index is 5.23. The molecule has 0 aromatic rings. The predicted octanol–water partition coefficient (Wildman–Crippen LogP) is 2.15. The van der Waals surface area contributed by atoms with E-state index in [0.717, 1.165) is 32.7 Å². The first kappa shape index (κ1) is 13.3. The van der Waals surface area contributed by atoms with Crippen molar-refractivity contribution in [3.8, 4) is 0 Å². The van der Waals surface area contributed by atoms with E-state index in [1.807, 2.05) is 18.7 Å². The second-order valence-electron chi connectivity index (χ2n) is 2.91. The third-order valence-corrected chi connectivity index (χ3v) is 2.81. The zero-order valence-electron chi connectivity index (χ0n) is 8.97. The average Bonchev–Trinajstić information content (AvgIpc) is 2.16. The minimum atomic E-state index is 0.840. The van der Waals surface area contributed by atoms with Crippen molar-refractivity contribution in [1.29, 1.82) is 0 Å².